The zero-order valence-electron chi connectivity index (χ0n) is 9.01. The van der Waals surface area contributed by atoms with E-state index < -0.39 is 0 Å². The van der Waals surface area contributed by atoms with E-state index in [9.17, 15) is 0 Å². The van der Waals surface area contributed by atoms with Crippen molar-refractivity contribution in [1.29, 1.82) is 0 Å². The maximum absolute atomic E-state index is 4.15. The summed E-state index contributed by atoms with van der Waals surface area (Å²) < 4.78 is 0. The number of fused-ring (bicyclic) bond motifs is 1. The average Bonchev–Trinajstić information content (AvgIpc) is 2.82. The van der Waals surface area contributed by atoms with Crippen LogP contribution in [0, 0.1) is 6.92 Å². The molecule has 16 heavy (non-hydrogen) atoms. The monoisotopic (exact) mass is 207 g/mol. The van der Waals surface area contributed by atoms with Gasteiger partial charge in [0.15, 0.2) is 0 Å². The van der Waals surface area contributed by atoms with Crippen molar-refractivity contribution in [2.45, 2.75) is 6.92 Å². The molecule has 0 aliphatic carbocycles. The van der Waals surface area contributed by atoms with Gasteiger partial charge in [0.1, 0.15) is 0 Å². The van der Waals surface area contributed by atoms with E-state index >= 15 is 0 Å². The molecule has 0 spiro atoms. The van der Waals surface area contributed by atoms with Gasteiger partial charge >= 0.3 is 0 Å². The summed E-state index contributed by atoms with van der Waals surface area (Å²) in [5, 5.41) is 6.63. The minimum Gasteiger partial charge on any atom is -0.158 e. The van der Waals surface area contributed by atoms with Gasteiger partial charge in [-0.2, -0.15) is 10.5 Å². The highest BCUT2D eigenvalue weighted by Gasteiger charge is 2.11. The predicted molar refractivity (Wildman–Crippen MR) is 66.5 cm³/mol. The van der Waals surface area contributed by atoms with Crippen LogP contribution in [0.2, 0.25) is 0 Å². The first kappa shape index (κ1) is 9.16. The molecule has 0 N–H and O–H groups in total. The Hall–Kier alpha value is -2.09. The van der Waals surface area contributed by atoms with E-state index in [1.807, 2.05) is 6.08 Å². The smallest absolute Gasteiger partial charge is 0.0953 e. The summed E-state index contributed by atoms with van der Waals surface area (Å²) in [6, 6.07) is 12.6. The average molecular weight is 207 g/mol. The Morgan fingerprint density at radius 2 is 1.88 bits per heavy atom. The third-order valence-corrected chi connectivity index (χ3v) is 2.86. The van der Waals surface area contributed by atoms with Crippen molar-refractivity contribution in [3.63, 3.8) is 0 Å². The van der Waals surface area contributed by atoms with Gasteiger partial charge in [0.2, 0.25) is 0 Å². The van der Waals surface area contributed by atoms with E-state index in [-0.39, 0.29) is 0 Å². The summed E-state index contributed by atoms with van der Waals surface area (Å²) >= 11 is 0. The van der Waals surface area contributed by atoms with Crippen LogP contribution in [0.5, 0.6) is 0 Å². The molecular formula is C14H11N2. The number of benzene rings is 2. The van der Waals surface area contributed by atoms with Crippen molar-refractivity contribution in [3.8, 4) is 0 Å². The quantitative estimate of drug-likeness (QED) is 0.687. The third kappa shape index (κ3) is 1.31. The first-order valence-electron chi connectivity index (χ1n) is 5.29. The molecule has 3 rings (SSSR count). The topological polar surface area (TPSA) is 26.5 Å². The van der Waals surface area contributed by atoms with Crippen molar-refractivity contribution in [2.75, 3.05) is 0 Å². The summed E-state index contributed by atoms with van der Waals surface area (Å²) in [6.45, 7) is 2.11. The van der Waals surface area contributed by atoms with Crippen LogP contribution in [0.4, 0.5) is 0 Å². The van der Waals surface area contributed by atoms with E-state index in [1.54, 1.807) is 6.20 Å². The van der Waals surface area contributed by atoms with Crippen molar-refractivity contribution < 1.29 is 0 Å². The maximum atomic E-state index is 4.15. The second kappa shape index (κ2) is 3.49. The lowest BCUT2D eigenvalue weighted by Crippen LogP contribution is -1.99. The van der Waals surface area contributed by atoms with Gasteiger partial charge in [-0.3, -0.25) is 0 Å². The lowest BCUT2D eigenvalue weighted by Gasteiger charge is -2.08. The van der Waals surface area contributed by atoms with Crippen molar-refractivity contribution in [3.05, 3.63) is 59.8 Å². The van der Waals surface area contributed by atoms with Crippen molar-refractivity contribution >= 4 is 16.5 Å². The Bertz CT molecular complexity index is 609. The fourth-order valence-electron chi connectivity index (χ4n) is 2.09. The zero-order valence-corrected chi connectivity index (χ0v) is 9.01. The molecule has 2 aromatic carbocycles. The van der Waals surface area contributed by atoms with Crippen LogP contribution in [0.25, 0.3) is 10.8 Å². The molecule has 0 atom stereocenters. The largest absolute Gasteiger partial charge is 0.158 e. The zero-order chi connectivity index (χ0) is 11.0. The predicted octanol–water partition coefficient (Wildman–Crippen LogP) is 2.98. The normalized spacial score (nSPS) is 13.9. The van der Waals surface area contributed by atoms with E-state index in [1.165, 1.54) is 21.9 Å². The standard InChI is InChI=1S/C14H11N2/c1-10-6-7-11-4-2-3-5-12(11)14(10)13-8-9-15-16-13/h2-9H,1H3. The summed E-state index contributed by atoms with van der Waals surface area (Å²) in [4.78, 5) is 0. The molecule has 0 bridgehead atoms. The van der Waals surface area contributed by atoms with Gasteiger partial charge in [0.05, 0.1) is 11.9 Å². The first-order valence-corrected chi connectivity index (χ1v) is 5.29. The van der Waals surface area contributed by atoms with Gasteiger partial charge in [-0.25, -0.2) is 0 Å². The Kier molecular flexibility index (Phi) is 2.00. The Labute approximate surface area is 94.3 Å². The Balaban J connectivity index is 2.37. The van der Waals surface area contributed by atoms with Gasteiger partial charge < -0.3 is 0 Å². The van der Waals surface area contributed by atoms with E-state index in [4.69, 9.17) is 0 Å². The van der Waals surface area contributed by atoms with Crippen LogP contribution in [-0.2, 0) is 0 Å². The molecule has 0 fully saturated rings. The van der Waals surface area contributed by atoms with Gasteiger partial charge in [0.25, 0.3) is 0 Å². The molecule has 1 aliphatic rings. The number of allylic oxidation sites excluding steroid dienone is 1. The van der Waals surface area contributed by atoms with Crippen LogP contribution in [0.15, 0.2) is 53.8 Å². The van der Waals surface area contributed by atoms with E-state index in [0.29, 0.717) is 0 Å². The number of rotatable bonds is 1. The molecule has 2 heteroatoms. The Morgan fingerprint density at radius 1 is 1.00 bits per heavy atom. The molecule has 0 saturated carbocycles. The van der Waals surface area contributed by atoms with Crippen LogP contribution in [0.1, 0.15) is 11.1 Å². The number of nitrogens with zero attached hydrogens (tertiary/aromatic N) is 2. The molecule has 2 aromatic rings. The van der Waals surface area contributed by atoms with Crippen LogP contribution in [-0.4, -0.2) is 5.71 Å². The molecule has 0 saturated heterocycles. The van der Waals surface area contributed by atoms with Gasteiger partial charge in [-0.1, -0.05) is 36.4 Å². The molecule has 1 radical (unpaired) electrons. The van der Waals surface area contributed by atoms with E-state index in [0.717, 1.165) is 5.71 Å². The number of hydrogen-bond acceptors (Lipinski definition) is 1. The molecule has 0 amide bonds. The van der Waals surface area contributed by atoms with E-state index in [2.05, 4.69) is 53.8 Å². The minimum absolute atomic E-state index is 0.953. The summed E-state index contributed by atoms with van der Waals surface area (Å²) in [7, 11) is 0. The highest BCUT2D eigenvalue weighted by Crippen LogP contribution is 2.23. The van der Waals surface area contributed by atoms with Crippen molar-refractivity contribution in [2.24, 2.45) is 5.10 Å². The summed E-state index contributed by atoms with van der Waals surface area (Å²) in [5.74, 6) is 0. The molecular weight excluding hydrogens is 196 g/mol. The fraction of sp³-hybridized carbons (Fsp3) is 0.0714. The molecule has 0 aromatic heterocycles. The molecule has 0 unspecified atom stereocenters. The molecule has 1 heterocycles. The SMILES string of the molecule is Cc1ccc2ccccc2c1C1=N[N]C=C1. The fourth-order valence-corrected chi connectivity index (χ4v) is 2.09. The molecule has 77 valence electrons. The highest BCUT2D eigenvalue weighted by molar-refractivity contribution is 6.17. The number of hydrogen-bond donors (Lipinski definition) is 0. The Morgan fingerprint density at radius 3 is 2.69 bits per heavy atom. The second-order valence-electron chi connectivity index (χ2n) is 3.90. The lowest BCUT2D eigenvalue weighted by molar-refractivity contribution is 0.972. The first-order chi connectivity index (χ1) is 7.86. The highest BCUT2D eigenvalue weighted by atomic mass is 15.3. The summed E-state index contributed by atoms with van der Waals surface area (Å²) in [6.07, 6.45) is 3.69. The second-order valence-corrected chi connectivity index (χ2v) is 3.90. The number of aryl methyl sites for hydroxylation is 1. The van der Waals surface area contributed by atoms with Gasteiger partial charge in [-0.05, 0) is 29.3 Å². The lowest BCUT2D eigenvalue weighted by atomic mass is 9.96. The minimum atomic E-state index is 0.953. The van der Waals surface area contributed by atoms with Gasteiger partial charge in [-0.15, -0.1) is 0 Å². The van der Waals surface area contributed by atoms with Crippen LogP contribution < -0.4 is 5.43 Å². The van der Waals surface area contributed by atoms with Crippen molar-refractivity contribution in [1.82, 2.24) is 5.43 Å². The molecule has 2 nitrogen and oxygen atoms in total. The van der Waals surface area contributed by atoms with Gasteiger partial charge in [0, 0.05) is 5.56 Å². The summed E-state index contributed by atoms with van der Waals surface area (Å²) in [5.41, 5.74) is 7.28. The molecule has 1 aliphatic heterocycles. The van der Waals surface area contributed by atoms with Crippen LogP contribution in [0.3, 0.4) is 0 Å². The third-order valence-electron chi connectivity index (χ3n) is 2.86. The maximum Gasteiger partial charge on any atom is 0.0953 e. The van der Waals surface area contributed by atoms with Crippen LogP contribution >= 0.6 is 0 Å².